The third-order valence-corrected chi connectivity index (χ3v) is 7.50. The molecule has 1 aliphatic heterocycles. The predicted octanol–water partition coefficient (Wildman–Crippen LogP) is 2.67. The summed E-state index contributed by atoms with van der Waals surface area (Å²) in [7, 11) is -3.59. The van der Waals surface area contributed by atoms with Crippen LogP contribution in [0.2, 0.25) is 0 Å². The molecule has 1 atom stereocenters. The molecule has 0 aliphatic carbocycles. The van der Waals surface area contributed by atoms with Crippen LogP contribution in [0.4, 0.5) is 17.1 Å². The van der Waals surface area contributed by atoms with Crippen LogP contribution in [-0.2, 0) is 24.4 Å². The van der Waals surface area contributed by atoms with E-state index in [0.29, 0.717) is 30.2 Å². The minimum absolute atomic E-state index is 0.0523. The summed E-state index contributed by atoms with van der Waals surface area (Å²) in [5, 5.41) is 5.44. The van der Waals surface area contributed by atoms with E-state index in [4.69, 9.17) is 0 Å². The minimum atomic E-state index is -3.59. The Morgan fingerprint density at radius 2 is 1.64 bits per heavy atom. The van der Waals surface area contributed by atoms with Gasteiger partial charge in [0, 0.05) is 50.0 Å². The van der Waals surface area contributed by atoms with Crippen molar-refractivity contribution in [1.29, 1.82) is 0 Å². The third-order valence-electron chi connectivity index (χ3n) is 5.44. The monoisotopic (exact) mass is 472 g/mol. The first kappa shape index (κ1) is 24.4. The van der Waals surface area contributed by atoms with Gasteiger partial charge in [0.25, 0.3) is 0 Å². The number of amides is 3. The lowest BCUT2D eigenvalue weighted by molar-refractivity contribution is -0.122. The van der Waals surface area contributed by atoms with Crippen molar-refractivity contribution in [2.24, 2.45) is 5.92 Å². The molecule has 1 fully saturated rings. The van der Waals surface area contributed by atoms with Crippen LogP contribution in [0.15, 0.2) is 53.4 Å². The van der Waals surface area contributed by atoms with Gasteiger partial charge in [-0.1, -0.05) is 19.9 Å². The van der Waals surface area contributed by atoms with Gasteiger partial charge in [-0.05, 0) is 42.5 Å². The van der Waals surface area contributed by atoms with Crippen LogP contribution < -0.4 is 15.5 Å². The summed E-state index contributed by atoms with van der Waals surface area (Å²) < 4.78 is 26.7. The Kier molecular flexibility index (Phi) is 7.50. The highest BCUT2D eigenvalue weighted by Crippen LogP contribution is 2.28. The Hall–Kier alpha value is -3.24. The highest BCUT2D eigenvalue weighted by atomic mass is 32.2. The lowest BCUT2D eigenvalue weighted by Crippen LogP contribution is -2.31. The average Bonchev–Trinajstić information content (AvgIpc) is 3.16. The predicted molar refractivity (Wildman–Crippen MR) is 126 cm³/mol. The van der Waals surface area contributed by atoms with Gasteiger partial charge in [0.15, 0.2) is 0 Å². The van der Waals surface area contributed by atoms with E-state index in [1.54, 1.807) is 50.2 Å². The van der Waals surface area contributed by atoms with E-state index in [0.717, 1.165) is 0 Å². The molecule has 3 rings (SSSR count). The van der Waals surface area contributed by atoms with Gasteiger partial charge in [-0.25, -0.2) is 8.42 Å². The van der Waals surface area contributed by atoms with Gasteiger partial charge in [-0.2, -0.15) is 4.31 Å². The molecular weight excluding hydrogens is 444 g/mol. The highest BCUT2D eigenvalue weighted by molar-refractivity contribution is 7.89. The van der Waals surface area contributed by atoms with Crippen molar-refractivity contribution in [2.45, 2.75) is 32.1 Å². The second-order valence-electron chi connectivity index (χ2n) is 7.74. The molecule has 3 amide bonds. The van der Waals surface area contributed by atoms with Crippen molar-refractivity contribution in [3.8, 4) is 0 Å². The Morgan fingerprint density at radius 3 is 2.21 bits per heavy atom. The molecule has 176 valence electrons. The maximum Gasteiger partial charge on any atom is 0.243 e. The van der Waals surface area contributed by atoms with Gasteiger partial charge < -0.3 is 15.5 Å². The Balaban J connectivity index is 1.69. The molecule has 10 heteroatoms. The largest absolute Gasteiger partial charge is 0.326 e. The van der Waals surface area contributed by atoms with Crippen molar-refractivity contribution >= 4 is 44.8 Å². The fraction of sp³-hybridized carbons (Fsp3) is 0.348. The number of hydrogen-bond acceptors (Lipinski definition) is 5. The summed E-state index contributed by atoms with van der Waals surface area (Å²) in [4.78, 5) is 38.2. The van der Waals surface area contributed by atoms with Gasteiger partial charge in [0.2, 0.25) is 27.7 Å². The number of rotatable bonds is 8. The molecule has 1 aliphatic rings. The summed E-state index contributed by atoms with van der Waals surface area (Å²) in [6.07, 6.45) is 0.0523. The summed E-state index contributed by atoms with van der Waals surface area (Å²) in [6, 6.07) is 12.9. The number of hydrogen-bond donors (Lipinski definition) is 2. The number of nitrogens with zero attached hydrogens (tertiary/aromatic N) is 2. The number of sulfonamides is 1. The van der Waals surface area contributed by atoms with Crippen LogP contribution in [0.5, 0.6) is 0 Å². The van der Waals surface area contributed by atoms with E-state index in [2.05, 4.69) is 10.6 Å². The quantitative estimate of drug-likeness (QED) is 0.613. The van der Waals surface area contributed by atoms with E-state index in [1.807, 2.05) is 0 Å². The molecule has 0 spiro atoms. The Morgan fingerprint density at radius 1 is 1.03 bits per heavy atom. The zero-order valence-electron chi connectivity index (χ0n) is 18.9. The maximum atomic E-state index is 12.7. The van der Waals surface area contributed by atoms with Crippen molar-refractivity contribution < 1.29 is 22.8 Å². The highest BCUT2D eigenvalue weighted by Gasteiger charge is 2.35. The van der Waals surface area contributed by atoms with Gasteiger partial charge >= 0.3 is 0 Å². The minimum Gasteiger partial charge on any atom is -0.326 e. The number of benzene rings is 2. The fourth-order valence-electron chi connectivity index (χ4n) is 3.77. The summed E-state index contributed by atoms with van der Waals surface area (Å²) in [5.74, 6) is -1.28. The Bertz CT molecular complexity index is 1140. The van der Waals surface area contributed by atoms with Crippen LogP contribution in [0, 0.1) is 5.92 Å². The van der Waals surface area contributed by atoms with Crippen molar-refractivity contribution in [3.05, 3.63) is 48.5 Å². The topological polar surface area (TPSA) is 116 Å². The van der Waals surface area contributed by atoms with Crippen LogP contribution in [0.1, 0.15) is 27.2 Å². The standard InChI is InChI=1S/C23H28N4O5S/c1-4-26(5-2)33(31,32)21-11-9-20(10-12-21)27-15-17(13-22(27)29)23(30)25-19-8-6-7-18(14-19)24-16(3)28/h6-12,14,17H,4-5,13,15H2,1-3H3,(H,24,28)(H,25,30)/t17-/m0/s1. The molecule has 0 aromatic heterocycles. The fourth-order valence-corrected chi connectivity index (χ4v) is 5.22. The van der Waals surface area contributed by atoms with E-state index in [1.165, 1.54) is 28.3 Å². The van der Waals surface area contributed by atoms with Gasteiger partial charge in [-0.3, -0.25) is 14.4 Å². The van der Waals surface area contributed by atoms with Crippen LogP contribution in [-0.4, -0.2) is 50.1 Å². The van der Waals surface area contributed by atoms with E-state index < -0.39 is 15.9 Å². The normalized spacial score (nSPS) is 16.2. The van der Waals surface area contributed by atoms with E-state index >= 15 is 0 Å². The SMILES string of the molecule is CCN(CC)S(=O)(=O)c1ccc(N2C[C@@H](C(=O)Nc3cccc(NC(C)=O)c3)CC2=O)cc1. The third kappa shape index (κ3) is 5.58. The summed E-state index contributed by atoms with van der Waals surface area (Å²) in [5.41, 5.74) is 1.62. The van der Waals surface area contributed by atoms with Gasteiger partial charge in [-0.15, -0.1) is 0 Å². The lowest BCUT2D eigenvalue weighted by atomic mass is 10.1. The zero-order valence-corrected chi connectivity index (χ0v) is 19.7. The molecule has 2 aromatic rings. The molecular formula is C23H28N4O5S. The van der Waals surface area contributed by atoms with Crippen LogP contribution in [0.3, 0.4) is 0 Å². The van der Waals surface area contributed by atoms with Gasteiger partial charge in [0.05, 0.1) is 10.8 Å². The molecule has 0 saturated carbocycles. The van der Waals surface area contributed by atoms with Crippen molar-refractivity contribution in [1.82, 2.24) is 4.31 Å². The second kappa shape index (κ2) is 10.1. The molecule has 0 radical (unpaired) electrons. The Labute approximate surface area is 193 Å². The molecule has 1 saturated heterocycles. The first-order valence-electron chi connectivity index (χ1n) is 10.7. The average molecular weight is 473 g/mol. The first-order chi connectivity index (χ1) is 15.6. The molecule has 9 nitrogen and oxygen atoms in total. The van der Waals surface area contributed by atoms with Crippen molar-refractivity contribution in [2.75, 3.05) is 35.2 Å². The van der Waals surface area contributed by atoms with E-state index in [9.17, 15) is 22.8 Å². The molecule has 0 unspecified atom stereocenters. The zero-order chi connectivity index (χ0) is 24.2. The number of carbonyl (C=O) groups excluding carboxylic acids is 3. The van der Waals surface area contributed by atoms with E-state index in [-0.39, 0.29) is 35.6 Å². The van der Waals surface area contributed by atoms with Gasteiger partial charge in [0.1, 0.15) is 0 Å². The summed E-state index contributed by atoms with van der Waals surface area (Å²) in [6.45, 7) is 5.89. The molecule has 2 N–H and O–H groups in total. The number of carbonyl (C=O) groups is 3. The molecule has 33 heavy (non-hydrogen) atoms. The lowest BCUT2D eigenvalue weighted by Gasteiger charge is -2.20. The van der Waals surface area contributed by atoms with Crippen LogP contribution in [0.25, 0.3) is 0 Å². The smallest absolute Gasteiger partial charge is 0.243 e. The molecule has 1 heterocycles. The van der Waals surface area contributed by atoms with Crippen molar-refractivity contribution in [3.63, 3.8) is 0 Å². The molecule has 0 bridgehead atoms. The summed E-state index contributed by atoms with van der Waals surface area (Å²) >= 11 is 0. The number of anilines is 3. The maximum absolute atomic E-state index is 12.7. The second-order valence-corrected chi connectivity index (χ2v) is 9.68. The molecule has 2 aromatic carbocycles. The number of nitrogens with one attached hydrogen (secondary N) is 2. The first-order valence-corrected chi connectivity index (χ1v) is 12.2. The van der Waals surface area contributed by atoms with Crippen LogP contribution >= 0.6 is 0 Å².